The van der Waals surface area contributed by atoms with Crippen molar-refractivity contribution in [2.24, 2.45) is 0 Å². The maximum Gasteiger partial charge on any atom is 0.278 e. The second kappa shape index (κ2) is 5.88. The summed E-state index contributed by atoms with van der Waals surface area (Å²) < 4.78 is 5.57. The molecule has 0 radical (unpaired) electrons. The Bertz CT molecular complexity index is 836. The largest absolute Gasteiger partial charge is 0.441 e. The monoisotopic (exact) mass is 309 g/mol. The van der Waals surface area contributed by atoms with Gasteiger partial charge in [0.15, 0.2) is 11.5 Å². The molecule has 2 aromatic heterocycles. The first-order chi connectivity index (χ1) is 11.0. The zero-order valence-electron chi connectivity index (χ0n) is 12.7. The van der Waals surface area contributed by atoms with E-state index in [1.54, 1.807) is 12.1 Å². The Kier molecular flexibility index (Phi) is 3.76. The molecule has 0 bridgehead atoms. The normalized spacial score (nSPS) is 10.5. The summed E-state index contributed by atoms with van der Waals surface area (Å²) in [5.41, 5.74) is 8.03. The van der Waals surface area contributed by atoms with Crippen molar-refractivity contribution in [1.82, 2.24) is 15.0 Å². The molecular weight excluding hydrogens is 294 g/mol. The maximum absolute atomic E-state index is 12.1. The number of nitrogens with zero attached hydrogens (tertiary/aromatic N) is 3. The lowest BCUT2D eigenvalue weighted by molar-refractivity contribution is 0.102. The number of nitrogen functional groups attached to an aromatic ring is 1. The average molecular weight is 309 g/mol. The molecule has 0 aliphatic heterocycles. The van der Waals surface area contributed by atoms with E-state index in [4.69, 9.17) is 10.2 Å². The third kappa shape index (κ3) is 3.03. The number of aryl methyl sites for hydroxylation is 2. The van der Waals surface area contributed by atoms with Crippen molar-refractivity contribution in [3.63, 3.8) is 0 Å². The van der Waals surface area contributed by atoms with Gasteiger partial charge in [-0.25, -0.2) is 15.0 Å². The third-order valence-electron chi connectivity index (χ3n) is 3.36. The zero-order chi connectivity index (χ0) is 16.4. The Hall–Kier alpha value is -3.22. The molecule has 0 saturated carbocycles. The number of nitrogens with one attached hydrogen (secondary N) is 1. The predicted molar refractivity (Wildman–Crippen MR) is 85.8 cm³/mol. The van der Waals surface area contributed by atoms with Crippen molar-refractivity contribution in [2.75, 3.05) is 11.1 Å². The highest BCUT2D eigenvalue weighted by Crippen LogP contribution is 2.23. The number of aromatic nitrogens is 3. The molecule has 2 heterocycles. The van der Waals surface area contributed by atoms with E-state index in [-0.39, 0.29) is 11.5 Å². The van der Waals surface area contributed by atoms with E-state index in [0.717, 1.165) is 17.0 Å². The van der Waals surface area contributed by atoms with Crippen LogP contribution in [0.5, 0.6) is 0 Å². The summed E-state index contributed by atoms with van der Waals surface area (Å²) in [7, 11) is 0. The molecule has 0 aliphatic rings. The van der Waals surface area contributed by atoms with Crippen molar-refractivity contribution in [1.29, 1.82) is 0 Å². The van der Waals surface area contributed by atoms with E-state index in [9.17, 15) is 4.79 Å². The van der Waals surface area contributed by atoms with Gasteiger partial charge in [0.2, 0.25) is 5.89 Å². The first-order valence-corrected chi connectivity index (χ1v) is 6.97. The van der Waals surface area contributed by atoms with Gasteiger partial charge in [0.05, 0.1) is 5.69 Å². The fourth-order valence-corrected chi connectivity index (χ4v) is 2.01. The van der Waals surface area contributed by atoms with Crippen LogP contribution in [0.3, 0.4) is 0 Å². The second-order valence-corrected chi connectivity index (χ2v) is 4.98. The molecule has 0 saturated heterocycles. The summed E-state index contributed by atoms with van der Waals surface area (Å²) in [5, 5.41) is 2.72. The number of carbonyl (C=O) groups excluding carboxylic acids is 1. The molecule has 0 fully saturated rings. The molecule has 23 heavy (non-hydrogen) atoms. The lowest BCUT2D eigenvalue weighted by Crippen LogP contribution is -2.16. The van der Waals surface area contributed by atoms with Gasteiger partial charge in [-0.05, 0) is 38.1 Å². The SMILES string of the molecule is Cc1nc(-c2ccc(NC(=O)c3nccnc3N)cc2)oc1C. The van der Waals surface area contributed by atoms with Crippen LogP contribution in [0.4, 0.5) is 11.5 Å². The number of hydrogen-bond donors (Lipinski definition) is 2. The van der Waals surface area contributed by atoms with Gasteiger partial charge in [-0.1, -0.05) is 0 Å². The minimum Gasteiger partial charge on any atom is -0.441 e. The summed E-state index contributed by atoms with van der Waals surface area (Å²) in [6, 6.07) is 7.16. The molecule has 0 unspecified atom stereocenters. The molecule has 7 nitrogen and oxygen atoms in total. The summed E-state index contributed by atoms with van der Waals surface area (Å²) in [5.74, 6) is 1.02. The molecule has 7 heteroatoms. The quantitative estimate of drug-likeness (QED) is 0.770. The molecule has 3 N–H and O–H groups in total. The first kappa shape index (κ1) is 14.7. The van der Waals surface area contributed by atoms with E-state index >= 15 is 0 Å². The van der Waals surface area contributed by atoms with Crippen LogP contribution >= 0.6 is 0 Å². The predicted octanol–water partition coefficient (Wildman–Crippen LogP) is 2.58. The van der Waals surface area contributed by atoms with Crippen molar-refractivity contribution < 1.29 is 9.21 Å². The molecule has 3 rings (SSSR count). The number of rotatable bonds is 3. The minimum absolute atomic E-state index is 0.0901. The molecule has 0 spiro atoms. The van der Waals surface area contributed by atoms with Crippen molar-refractivity contribution in [3.8, 4) is 11.5 Å². The average Bonchev–Trinajstić information content (AvgIpc) is 2.88. The van der Waals surface area contributed by atoms with Crippen molar-refractivity contribution in [2.45, 2.75) is 13.8 Å². The van der Waals surface area contributed by atoms with Crippen LogP contribution in [0.1, 0.15) is 21.9 Å². The van der Waals surface area contributed by atoms with Crippen LogP contribution in [0, 0.1) is 13.8 Å². The van der Waals surface area contributed by atoms with E-state index in [2.05, 4.69) is 20.3 Å². The summed E-state index contributed by atoms with van der Waals surface area (Å²) >= 11 is 0. The van der Waals surface area contributed by atoms with E-state index in [0.29, 0.717) is 11.6 Å². The Morgan fingerprint density at radius 2 is 1.83 bits per heavy atom. The number of nitrogens with two attached hydrogens (primary N) is 1. The van der Waals surface area contributed by atoms with Gasteiger partial charge in [0, 0.05) is 23.6 Å². The van der Waals surface area contributed by atoms with Gasteiger partial charge in [-0.2, -0.15) is 0 Å². The van der Waals surface area contributed by atoms with E-state index < -0.39 is 5.91 Å². The molecule has 0 atom stereocenters. The Balaban J connectivity index is 1.78. The van der Waals surface area contributed by atoms with Crippen LogP contribution in [0.25, 0.3) is 11.5 Å². The minimum atomic E-state index is -0.411. The smallest absolute Gasteiger partial charge is 0.278 e. The number of carbonyl (C=O) groups is 1. The Labute approximate surface area is 132 Å². The van der Waals surface area contributed by atoms with Gasteiger partial charge in [-0.3, -0.25) is 4.79 Å². The highest BCUT2D eigenvalue weighted by molar-refractivity contribution is 6.05. The maximum atomic E-state index is 12.1. The highest BCUT2D eigenvalue weighted by atomic mass is 16.4. The Morgan fingerprint density at radius 3 is 2.43 bits per heavy atom. The molecule has 116 valence electrons. The zero-order valence-corrected chi connectivity index (χ0v) is 12.7. The van der Waals surface area contributed by atoms with Gasteiger partial charge in [0.1, 0.15) is 5.76 Å². The lowest BCUT2D eigenvalue weighted by atomic mass is 10.2. The number of hydrogen-bond acceptors (Lipinski definition) is 6. The van der Waals surface area contributed by atoms with Crippen molar-refractivity contribution >= 4 is 17.4 Å². The van der Waals surface area contributed by atoms with Gasteiger partial charge in [0.25, 0.3) is 5.91 Å². The fraction of sp³-hybridized carbons (Fsp3) is 0.125. The van der Waals surface area contributed by atoms with Gasteiger partial charge >= 0.3 is 0 Å². The molecular formula is C16H15N5O2. The standard InChI is InChI=1S/C16H15N5O2/c1-9-10(2)23-16(20-9)11-3-5-12(6-4-11)21-15(22)13-14(17)19-8-7-18-13/h3-8H,1-2H3,(H2,17,19)(H,21,22). The Morgan fingerprint density at radius 1 is 1.13 bits per heavy atom. The lowest BCUT2D eigenvalue weighted by Gasteiger charge is -2.06. The topological polar surface area (TPSA) is 107 Å². The van der Waals surface area contributed by atoms with Crippen molar-refractivity contribution in [3.05, 3.63) is 53.8 Å². The summed E-state index contributed by atoms with van der Waals surface area (Å²) in [6.45, 7) is 3.76. The molecule has 0 aliphatic carbocycles. The van der Waals surface area contributed by atoms with Gasteiger partial charge in [-0.15, -0.1) is 0 Å². The van der Waals surface area contributed by atoms with E-state index in [1.165, 1.54) is 12.4 Å². The first-order valence-electron chi connectivity index (χ1n) is 6.97. The van der Waals surface area contributed by atoms with E-state index in [1.807, 2.05) is 26.0 Å². The highest BCUT2D eigenvalue weighted by Gasteiger charge is 2.13. The summed E-state index contributed by atoms with van der Waals surface area (Å²) in [4.78, 5) is 24.2. The summed E-state index contributed by atoms with van der Waals surface area (Å²) in [6.07, 6.45) is 2.85. The number of anilines is 2. The molecule has 1 amide bonds. The third-order valence-corrected chi connectivity index (χ3v) is 3.36. The number of benzene rings is 1. The molecule has 3 aromatic rings. The molecule has 1 aromatic carbocycles. The van der Waals surface area contributed by atoms with Crippen LogP contribution in [0.2, 0.25) is 0 Å². The fourth-order valence-electron chi connectivity index (χ4n) is 2.01. The van der Waals surface area contributed by atoms with Gasteiger partial charge < -0.3 is 15.5 Å². The number of amides is 1. The van der Waals surface area contributed by atoms with Crippen LogP contribution in [-0.2, 0) is 0 Å². The number of oxazole rings is 1. The van der Waals surface area contributed by atoms with Crippen LogP contribution < -0.4 is 11.1 Å². The van der Waals surface area contributed by atoms with Crippen LogP contribution in [0.15, 0.2) is 41.1 Å². The van der Waals surface area contributed by atoms with Crippen LogP contribution in [-0.4, -0.2) is 20.9 Å². The second-order valence-electron chi connectivity index (χ2n) is 4.98.